The lowest BCUT2D eigenvalue weighted by Gasteiger charge is -2.41. The van der Waals surface area contributed by atoms with E-state index in [1.54, 1.807) is 14.2 Å². The molecule has 0 amide bonds. The molecule has 6 heteroatoms. The molecule has 0 radical (unpaired) electrons. The van der Waals surface area contributed by atoms with Gasteiger partial charge in [-0.1, -0.05) is 24.3 Å². The van der Waals surface area contributed by atoms with Crippen LogP contribution in [0.3, 0.4) is 0 Å². The van der Waals surface area contributed by atoms with E-state index < -0.39 is 0 Å². The molecule has 0 saturated carbocycles. The molecule has 30 heavy (non-hydrogen) atoms. The largest absolute Gasteiger partial charge is 0.497 e. The summed E-state index contributed by atoms with van der Waals surface area (Å²) in [5.74, 6) is 1.80. The van der Waals surface area contributed by atoms with Gasteiger partial charge in [0, 0.05) is 57.7 Å². The molecular formula is C24H30N4O2. The molecule has 0 spiro atoms. The summed E-state index contributed by atoms with van der Waals surface area (Å²) in [5.41, 5.74) is 2.64. The number of ether oxygens (including phenoxy) is 2. The molecule has 2 heterocycles. The Labute approximate surface area is 178 Å². The average Bonchev–Trinajstić information content (AvgIpc) is 3.30. The number of imidazole rings is 1. The first-order valence-corrected chi connectivity index (χ1v) is 10.4. The van der Waals surface area contributed by atoms with Crippen LogP contribution < -0.4 is 9.47 Å². The number of nitrogens with zero attached hydrogens (tertiary/aromatic N) is 4. The number of methoxy groups -OCH3 is 2. The van der Waals surface area contributed by atoms with Gasteiger partial charge < -0.3 is 14.0 Å². The van der Waals surface area contributed by atoms with Crippen molar-refractivity contribution in [1.82, 2.24) is 19.4 Å². The SMILES string of the molecule is COc1ccc(CN2CCN(Cc3ccc(OC)cc3)C(Cn3ccnc3)C2)cc1. The van der Waals surface area contributed by atoms with E-state index in [4.69, 9.17) is 9.47 Å². The Kier molecular flexibility index (Phi) is 6.67. The second-order valence-electron chi connectivity index (χ2n) is 7.82. The fraction of sp³-hybridized carbons (Fsp3) is 0.375. The van der Waals surface area contributed by atoms with E-state index in [1.165, 1.54) is 11.1 Å². The topological polar surface area (TPSA) is 42.8 Å². The predicted octanol–water partition coefficient (Wildman–Crippen LogP) is 3.29. The molecule has 1 aliphatic heterocycles. The van der Waals surface area contributed by atoms with Gasteiger partial charge in [0.15, 0.2) is 0 Å². The summed E-state index contributed by atoms with van der Waals surface area (Å²) in [4.78, 5) is 9.36. The predicted molar refractivity (Wildman–Crippen MR) is 118 cm³/mol. The van der Waals surface area contributed by atoms with Gasteiger partial charge in [0.2, 0.25) is 0 Å². The quantitative estimate of drug-likeness (QED) is 0.574. The van der Waals surface area contributed by atoms with Gasteiger partial charge in [0.1, 0.15) is 11.5 Å². The van der Waals surface area contributed by atoms with Crippen molar-refractivity contribution in [3.63, 3.8) is 0 Å². The summed E-state index contributed by atoms with van der Waals surface area (Å²) in [6, 6.07) is 17.2. The van der Waals surface area contributed by atoms with E-state index >= 15 is 0 Å². The minimum atomic E-state index is 0.424. The summed E-state index contributed by atoms with van der Waals surface area (Å²) in [6.45, 7) is 5.97. The van der Waals surface area contributed by atoms with E-state index in [-0.39, 0.29) is 0 Å². The summed E-state index contributed by atoms with van der Waals surface area (Å²) in [5, 5.41) is 0. The van der Waals surface area contributed by atoms with Crippen molar-refractivity contribution in [2.24, 2.45) is 0 Å². The van der Waals surface area contributed by atoms with Crippen LogP contribution in [0.2, 0.25) is 0 Å². The molecule has 3 aromatic rings. The molecule has 1 fully saturated rings. The standard InChI is InChI=1S/C24H30N4O2/c1-29-23-7-3-20(4-8-23)15-26-13-14-28(16-21-5-9-24(30-2)10-6-21)22(17-26)18-27-12-11-25-19-27/h3-12,19,22H,13-18H2,1-2H3. The number of aromatic nitrogens is 2. The lowest BCUT2D eigenvalue weighted by Crippen LogP contribution is -2.53. The Hall–Kier alpha value is -2.83. The van der Waals surface area contributed by atoms with Crippen LogP contribution in [-0.2, 0) is 19.6 Å². The van der Waals surface area contributed by atoms with Crippen molar-refractivity contribution in [1.29, 1.82) is 0 Å². The van der Waals surface area contributed by atoms with E-state index in [1.807, 2.05) is 43.0 Å². The van der Waals surface area contributed by atoms with Crippen molar-refractivity contribution >= 4 is 0 Å². The molecule has 1 atom stereocenters. The summed E-state index contributed by atoms with van der Waals surface area (Å²) < 4.78 is 12.8. The summed E-state index contributed by atoms with van der Waals surface area (Å²) in [6.07, 6.45) is 5.81. The fourth-order valence-electron chi connectivity index (χ4n) is 4.07. The molecule has 1 aliphatic rings. The normalized spacial score (nSPS) is 17.7. The molecular weight excluding hydrogens is 376 g/mol. The second-order valence-corrected chi connectivity index (χ2v) is 7.82. The van der Waals surface area contributed by atoms with Crippen molar-refractivity contribution in [2.45, 2.75) is 25.7 Å². The third-order valence-corrected chi connectivity index (χ3v) is 5.78. The molecule has 1 aromatic heterocycles. The Morgan fingerprint density at radius 2 is 1.50 bits per heavy atom. The van der Waals surface area contributed by atoms with Crippen LogP contribution in [0, 0.1) is 0 Å². The van der Waals surface area contributed by atoms with Gasteiger partial charge in [0.05, 0.1) is 20.5 Å². The van der Waals surface area contributed by atoms with Gasteiger partial charge in [-0.3, -0.25) is 9.80 Å². The Bertz CT molecular complexity index is 894. The minimum absolute atomic E-state index is 0.424. The minimum Gasteiger partial charge on any atom is -0.497 e. The Morgan fingerprint density at radius 3 is 2.07 bits per heavy atom. The Morgan fingerprint density at radius 1 is 0.867 bits per heavy atom. The highest BCUT2D eigenvalue weighted by Gasteiger charge is 2.27. The molecule has 0 N–H and O–H groups in total. The lowest BCUT2D eigenvalue weighted by atomic mass is 10.1. The molecule has 1 saturated heterocycles. The zero-order valence-electron chi connectivity index (χ0n) is 17.8. The van der Waals surface area contributed by atoms with Crippen molar-refractivity contribution < 1.29 is 9.47 Å². The van der Waals surface area contributed by atoms with E-state index in [2.05, 4.69) is 43.6 Å². The van der Waals surface area contributed by atoms with Gasteiger partial charge in [-0.25, -0.2) is 4.98 Å². The first-order valence-electron chi connectivity index (χ1n) is 10.4. The van der Waals surface area contributed by atoms with Crippen LogP contribution in [0.1, 0.15) is 11.1 Å². The van der Waals surface area contributed by atoms with Gasteiger partial charge in [-0.05, 0) is 35.4 Å². The average molecular weight is 407 g/mol. The highest BCUT2D eigenvalue weighted by Crippen LogP contribution is 2.20. The number of piperazine rings is 1. The van der Waals surface area contributed by atoms with Crippen molar-refractivity contribution in [3.05, 3.63) is 78.4 Å². The fourth-order valence-corrected chi connectivity index (χ4v) is 4.07. The zero-order valence-corrected chi connectivity index (χ0v) is 17.8. The smallest absolute Gasteiger partial charge is 0.118 e. The van der Waals surface area contributed by atoms with Crippen LogP contribution in [0.4, 0.5) is 0 Å². The van der Waals surface area contributed by atoms with Crippen LogP contribution in [0.15, 0.2) is 67.3 Å². The van der Waals surface area contributed by atoms with E-state index in [0.29, 0.717) is 6.04 Å². The van der Waals surface area contributed by atoms with Gasteiger partial charge in [-0.15, -0.1) is 0 Å². The molecule has 0 aliphatic carbocycles. The number of benzene rings is 2. The van der Waals surface area contributed by atoms with Gasteiger partial charge in [-0.2, -0.15) is 0 Å². The molecule has 0 bridgehead atoms. The van der Waals surface area contributed by atoms with Crippen molar-refractivity contribution in [2.75, 3.05) is 33.9 Å². The number of hydrogen-bond acceptors (Lipinski definition) is 5. The second kappa shape index (κ2) is 9.78. The Balaban J connectivity index is 1.43. The van der Waals surface area contributed by atoms with Crippen LogP contribution >= 0.6 is 0 Å². The third kappa shape index (κ3) is 5.20. The van der Waals surface area contributed by atoms with E-state index in [0.717, 1.165) is 50.8 Å². The van der Waals surface area contributed by atoms with Crippen LogP contribution in [-0.4, -0.2) is 59.2 Å². The van der Waals surface area contributed by atoms with Crippen molar-refractivity contribution in [3.8, 4) is 11.5 Å². The number of hydrogen-bond donors (Lipinski definition) is 0. The summed E-state index contributed by atoms with van der Waals surface area (Å²) in [7, 11) is 3.41. The third-order valence-electron chi connectivity index (χ3n) is 5.78. The molecule has 2 aromatic carbocycles. The highest BCUT2D eigenvalue weighted by molar-refractivity contribution is 5.28. The van der Waals surface area contributed by atoms with Crippen LogP contribution in [0.5, 0.6) is 11.5 Å². The first kappa shape index (κ1) is 20.4. The lowest BCUT2D eigenvalue weighted by molar-refractivity contribution is 0.0549. The molecule has 6 nitrogen and oxygen atoms in total. The first-order chi connectivity index (χ1) is 14.7. The molecule has 4 rings (SSSR count). The van der Waals surface area contributed by atoms with E-state index in [9.17, 15) is 0 Å². The molecule has 158 valence electrons. The van der Waals surface area contributed by atoms with Gasteiger partial charge in [0.25, 0.3) is 0 Å². The maximum Gasteiger partial charge on any atom is 0.118 e. The monoisotopic (exact) mass is 406 g/mol. The summed E-state index contributed by atoms with van der Waals surface area (Å²) >= 11 is 0. The maximum atomic E-state index is 5.30. The van der Waals surface area contributed by atoms with Crippen LogP contribution in [0.25, 0.3) is 0 Å². The number of rotatable bonds is 8. The molecule has 1 unspecified atom stereocenters. The highest BCUT2D eigenvalue weighted by atomic mass is 16.5. The maximum absolute atomic E-state index is 5.30. The zero-order chi connectivity index (χ0) is 20.8. The van der Waals surface area contributed by atoms with Gasteiger partial charge >= 0.3 is 0 Å².